The molecule has 24 heavy (non-hydrogen) atoms. The van der Waals surface area contributed by atoms with Crippen LogP contribution in [0.4, 0.5) is 0 Å². The molecule has 1 fully saturated rings. The minimum atomic E-state index is -2.03. The third-order valence-corrected chi connectivity index (χ3v) is 5.19. The molecule has 0 unspecified atom stereocenters. The molecule has 0 spiro atoms. The van der Waals surface area contributed by atoms with E-state index in [0.717, 1.165) is 24.0 Å². The van der Waals surface area contributed by atoms with Crippen molar-refractivity contribution in [3.63, 3.8) is 0 Å². The largest absolute Gasteiger partial charge is 0.366 e. The molecule has 1 aliphatic rings. The zero-order chi connectivity index (χ0) is 19.5. The minimum Gasteiger partial charge on any atom is -0.366 e. The second kappa shape index (κ2) is 7.69. The highest BCUT2D eigenvalue weighted by Crippen LogP contribution is 2.34. The average molecular weight is 347 g/mol. The lowest BCUT2D eigenvalue weighted by atomic mass is 9.88. The molecule has 0 bridgehead atoms. The van der Waals surface area contributed by atoms with Gasteiger partial charge in [0.2, 0.25) is 0 Å². The van der Waals surface area contributed by atoms with Crippen molar-refractivity contribution in [3.05, 3.63) is 70.7 Å². The van der Waals surface area contributed by atoms with Crippen LogP contribution in [-0.4, -0.2) is 31.1 Å². The van der Waals surface area contributed by atoms with Crippen molar-refractivity contribution in [1.29, 1.82) is 0 Å². The summed E-state index contributed by atoms with van der Waals surface area (Å²) in [5.74, 6) is 0. The Hall–Kier alpha value is -1.35. The average Bonchev–Trinajstić information content (AvgIpc) is 3.12. The van der Waals surface area contributed by atoms with Crippen molar-refractivity contribution in [2.45, 2.75) is 37.8 Å². The van der Waals surface area contributed by atoms with Gasteiger partial charge in [-0.25, -0.2) is 0 Å². The first-order chi connectivity index (χ1) is 12.8. The van der Waals surface area contributed by atoms with Crippen LogP contribution < -0.4 is 0 Å². The first-order valence-electron chi connectivity index (χ1n) is 10.0. The highest BCUT2D eigenvalue weighted by atomic mass is 35.5. The Balaban J connectivity index is 1.76. The number of hydrogen-bond donors (Lipinski definition) is 0. The van der Waals surface area contributed by atoms with E-state index in [1.165, 1.54) is 0 Å². The molecule has 2 aromatic rings. The molecule has 0 saturated carbocycles. The van der Waals surface area contributed by atoms with E-state index >= 15 is 0 Å². The highest BCUT2D eigenvalue weighted by molar-refractivity contribution is 6.30. The van der Waals surface area contributed by atoms with E-state index in [2.05, 4.69) is 19.1 Å². The lowest BCUT2D eigenvalue weighted by Gasteiger charge is -2.32. The monoisotopic (exact) mass is 346 g/mol. The first-order valence-corrected chi connectivity index (χ1v) is 8.91. The molecule has 2 atom stereocenters. The molecule has 2 aromatic carbocycles. The van der Waals surface area contributed by atoms with Crippen LogP contribution in [0.3, 0.4) is 0 Å². The summed E-state index contributed by atoms with van der Waals surface area (Å²) >= 11 is 6.06. The summed E-state index contributed by atoms with van der Waals surface area (Å²) in [5.41, 5.74) is 1.47. The molecule has 1 heterocycles. The van der Waals surface area contributed by atoms with Gasteiger partial charge in [0, 0.05) is 21.8 Å². The number of ether oxygens (including phenoxy) is 1. The van der Waals surface area contributed by atoms with Crippen molar-refractivity contribution in [3.8, 4) is 0 Å². The summed E-state index contributed by atoms with van der Waals surface area (Å²) in [5, 5.41) is 0.688. The lowest BCUT2D eigenvalue weighted by Crippen LogP contribution is -2.31. The molecule has 0 amide bonds. The second-order valence-electron chi connectivity index (χ2n) is 6.53. The van der Waals surface area contributed by atoms with Crippen LogP contribution in [0.25, 0.3) is 0 Å². The standard InChI is InChI=1S/C21H26ClNO/c1-21(17-7-4-3-5-8-17,18-10-12-19(22)13-11-18)24-16-14-20-9-6-15-23(20)2/h3-5,7-8,10-13,20H,6,9,14-16H2,1-2H3/t20-,21-/m1/s1/i2D3. The maximum atomic E-state index is 7.71. The number of rotatable bonds is 6. The maximum Gasteiger partial charge on any atom is 0.115 e. The van der Waals surface area contributed by atoms with E-state index in [0.29, 0.717) is 24.6 Å². The zero-order valence-electron chi connectivity index (χ0n) is 17.0. The van der Waals surface area contributed by atoms with Gasteiger partial charge >= 0.3 is 0 Å². The van der Waals surface area contributed by atoms with Gasteiger partial charge in [0.1, 0.15) is 5.60 Å². The first kappa shape index (κ1) is 13.9. The van der Waals surface area contributed by atoms with Crippen molar-refractivity contribution in [2.24, 2.45) is 0 Å². The Morgan fingerprint density at radius 1 is 1.17 bits per heavy atom. The highest BCUT2D eigenvalue weighted by Gasteiger charge is 2.30. The quantitative estimate of drug-likeness (QED) is 0.721. The van der Waals surface area contributed by atoms with Gasteiger partial charge in [-0.15, -0.1) is 0 Å². The van der Waals surface area contributed by atoms with E-state index in [4.69, 9.17) is 20.5 Å². The zero-order valence-corrected chi connectivity index (χ0v) is 14.8. The molecular weight excluding hydrogens is 318 g/mol. The Bertz CT molecular complexity index is 735. The van der Waals surface area contributed by atoms with Crippen LogP contribution in [0.15, 0.2) is 54.6 Å². The maximum absolute atomic E-state index is 7.71. The fourth-order valence-corrected chi connectivity index (χ4v) is 3.52. The van der Waals surface area contributed by atoms with Crippen LogP contribution in [0.1, 0.15) is 41.4 Å². The number of hydrogen-bond acceptors (Lipinski definition) is 2. The van der Waals surface area contributed by atoms with Gasteiger partial charge < -0.3 is 9.64 Å². The molecule has 1 saturated heterocycles. The Morgan fingerprint density at radius 3 is 2.58 bits per heavy atom. The van der Waals surface area contributed by atoms with Crippen molar-refractivity contribution in [1.82, 2.24) is 4.90 Å². The molecule has 0 radical (unpaired) electrons. The summed E-state index contributed by atoms with van der Waals surface area (Å²) in [6, 6.07) is 17.8. The number of benzene rings is 2. The Labute approximate surface area is 154 Å². The smallest absolute Gasteiger partial charge is 0.115 e. The van der Waals surface area contributed by atoms with Gasteiger partial charge in [0.25, 0.3) is 0 Å². The third kappa shape index (κ3) is 3.83. The van der Waals surface area contributed by atoms with Crippen LogP contribution in [-0.2, 0) is 10.3 Å². The summed E-state index contributed by atoms with van der Waals surface area (Å²) < 4.78 is 29.5. The predicted molar refractivity (Wildman–Crippen MR) is 101 cm³/mol. The van der Waals surface area contributed by atoms with Crippen LogP contribution in [0.2, 0.25) is 5.02 Å². The molecule has 0 N–H and O–H groups in total. The van der Waals surface area contributed by atoms with Crippen molar-refractivity contribution < 1.29 is 8.85 Å². The van der Waals surface area contributed by atoms with E-state index in [9.17, 15) is 0 Å². The number of nitrogens with zero attached hydrogens (tertiary/aromatic N) is 1. The predicted octanol–water partition coefficient (Wildman–Crippen LogP) is 5.10. The lowest BCUT2D eigenvalue weighted by molar-refractivity contribution is -0.0117. The van der Waals surface area contributed by atoms with Gasteiger partial charge in [-0.1, -0.05) is 54.1 Å². The van der Waals surface area contributed by atoms with Crippen LogP contribution in [0, 0.1) is 0 Å². The number of halogens is 1. The molecule has 128 valence electrons. The molecule has 0 aliphatic carbocycles. The van der Waals surface area contributed by atoms with Gasteiger partial charge in [0.05, 0.1) is 0 Å². The fraction of sp³-hybridized carbons (Fsp3) is 0.429. The topological polar surface area (TPSA) is 12.5 Å². The summed E-state index contributed by atoms with van der Waals surface area (Å²) in [4.78, 5) is 1.64. The normalized spacial score (nSPS) is 23.2. The molecule has 3 rings (SSSR count). The molecule has 3 heteroatoms. The van der Waals surface area contributed by atoms with Gasteiger partial charge in [0.15, 0.2) is 0 Å². The summed E-state index contributed by atoms with van der Waals surface area (Å²) in [6.07, 6.45) is 2.54. The Morgan fingerprint density at radius 2 is 1.88 bits per heavy atom. The molecule has 2 nitrogen and oxygen atoms in total. The van der Waals surface area contributed by atoms with Gasteiger partial charge in [-0.3, -0.25) is 0 Å². The fourth-order valence-electron chi connectivity index (χ4n) is 3.39. The molecular formula is C21H26ClNO. The minimum absolute atomic E-state index is 0.0442. The molecule has 1 aliphatic heterocycles. The SMILES string of the molecule is [2H]C([2H])([2H])N1CCC[C@@H]1CCO[C@](C)(c1ccccc1)c1ccc(Cl)cc1. The van der Waals surface area contributed by atoms with E-state index in [1.807, 2.05) is 42.5 Å². The molecule has 0 aromatic heterocycles. The van der Waals surface area contributed by atoms with Crippen molar-refractivity contribution >= 4 is 11.6 Å². The van der Waals surface area contributed by atoms with Crippen LogP contribution >= 0.6 is 11.6 Å². The summed E-state index contributed by atoms with van der Waals surface area (Å²) in [6.45, 7) is 1.15. The van der Waals surface area contributed by atoms with Gasteiger partial charge in [-0.05, 0) is 63.0 Å². The van der Waals surface area contributed by atoms with Crippen LogP contribution in [0.5, 0.6) is 0 Å². The van der Waals surface area contributed by atoms with Crippen molar-refractivity contribution in [2.75, 3.05) is 20.1 Å². The summed E-state index contributed by atoms with van der Waals surface area (Å²) in [7, 11) is 0. The Kier molecular flexibility index (Phi) is 4.45. The number of likely N-dealkylation sites (tertiary alicyclic amines) is 1. The van der Waals surface area contributed by atoms with E-state index < -0.39 is 12.6 Å². The second-order valence-corrected chi connectivity index (χ2v) is 6.97. The van der Waals surface area contributed by atoms with Gasteiger partial charge in [-0.2, -0.15) is 0 Å². The third-order valence-electron chi connectivity index (χ3n) is 4.94. The van der Waals surface area contributed by atoms with E-state index in [1.54, 1.807) is 4.90 Å². The van der Waals surface area contributed by atoms with E-state index in [-0.39, 0.29) is 6.04 Å².